The fourth-order valence-corrected chi connectivity index (χ4v) is 3.57. The molecule has 1 N–H and O–H groups in total. The van der Waals surface area contributed by atoms with Gasteiger partial charge in [0.2, 0.25) is 5.71 Å². The number of aromatic amines is 1. The van der Waals surface area contributed by atoms with E-state index in [0.717, 1.165) is 25.4 Å². The minimum Gasteiger partial charge on any atom is -0.497 e. The van der Waals surface area contributed by atoms with E-state index in [4.69, 9.17) is 9.15 Å². The van der Waals surface area contributed by atoms with Crippen molar-refractivity contribution in [2.45, 2.75) is 13.5 Å². The highest BCUT2D eigenvalue weighted by atomic mass is 16.5. The average molecular weight is 382 g/mol. The van der Waals surface area contributed by atoms with Crippen molar-refractivity contribution in [2.75, 3.05) is 33.3 Å². The van der Waals surface area contributed by atoms with Gasteiger partial charge in [0.25, 0.3) is 11.5 Å². The summed E-state index contributed by atoms with van der Waals surface area (Å²) in [6.45, 7) is 5.23. The lowest BCUT2D eigenvalue weighted by atomic mass is 10.1. The number of aryl methyl sites for hydroxylation is 1. The van der Waals surface area contributed by atoms with Crippen molar-refractivity contribution >= 4 is 17.0 Å². The molecule has 1 aromatic carbocycles. The fourth-order valence-electron chi connectivity index (χ4n) is 3.57. The number of ether oxygens (including phenoxy) is 1. The van der Waals surface area contributed by atoms with Crippen LogP contribution < -0.4 is 10.3 Å². The predicted octanol–water partition coefficient (Wildman–Crippen LogP) is 1.79. The summed E-state index contributed by atoms with van der Waals surface area (Å²) in [5.74, 6) is 1.08. The Kier molecular flexibility index (Phi) is 4.87. The summed E-state index contributed by atoms with van der Waals surface area (Å²) in [5, 5.41) is 0.227. The van der Waals surface area contributed by atoms with Crippen LogP contribution in [0.2, 0.25) is 0 Å². The Labute approximate surface area is 161 Å². The van der Waals surface area contributed by atoms with E-state index in [9.17, 15) is 9.59 Å². The zero-order valence-corrected chi connectivity index (χ0v) is 15.9. The molecule has 1 aliphatic heterocycles. The predicted molar refractivity (Wildman–Crippen MR) is 104 cm³/mol. The van der Waals surface area contributed by atoms with Crippen molar-refractivity contribution < 1.29 is 13.9 Å². The highest BCUT2D eigenvalue weighted by Crippen LogP contribution is 2.23. The Morgan fingerprint density at radius 3 is 2.61 bits per heavy atom. The number of benzene rings is 1. The molecular formula is C20H22N4O4. The number of hydrogen-bond acceptors (Lipinski definition) is 6. The largest absolute Gasteiger partial charge is 0.497 e. The Bertz CT molecular complexity index is 1050. The van der Waals surface area contributed by atoms with E-state index in [1.165, 1.54) is 11.9 Å². The van der Waals surface area contributed by atoms with Gasteiger partial charge >= 0.3 is 0 Å². The first-order chi connectivity index (χ1) is 13.6. The molecule has 8 heteroatoms. The molecular weight excluding hydrogens is 360 g/mol. The summed E-state index contributed by atoms with van der Waals surface area (Å²) in [4.78, 5) is 35.8. The van der Waals surface area contributed by atoms with Gasteiger partial charge in [0, 0.05) is 32.7 Å². The maximum Gasteiger partial charge on any atom is 0.262 e. The summed E-state index contributed by atoms with van der Waals surface area (Å²) in [6, 6.07) is 8.01. The molecule has 0 saturated carbocycles. The number of amides is 1. The van der Waals surface area contributed by atoms with Gasteiger partial charge in [-0.2, -0.15) is 0 Å². The monoisotopic (exact) mass is 382 g/mol. The molecule has 3 aromatic rings. The van der Waals surface area contributed by atoms with Crippen LogP contribution in [0, 0.1) is 6.92 Å². The Morgan fingerprint density at radius 1 is 1.21 bits per heavy atom. The number of nitrogens with zero attached hydrogens (tertiary/aromatic N) is 3. The number of H-pyrrole nitrogens is 1. The number of carbonyl (C=O) groups excluding carboxylic acids is 1. The van der Waals surface area contributed by atoms with E-state index in [1.807, 2.05) is 12.1 Å². The summed E-state index contributed by atoms with van der Waals surface area (Å²) in [7, 11) is 1.65. The Morgan fingerprint density at radius 2 is 1.93 bits per heavy atom. The number of hydrogen-bond donors (Lipinski definition) is 1. The van der Waals surface area contributed by atoms with Crippen LogP contribution in [0.5, 0.6) is 5.75 Å². The first kappa shape index (κ1) is 18.2. The van der Waals surface area contributed by atoms with Crippen molar-refractivity contribution in [3.63, 3.8) is 0 Å². The summed E-state index contributed by atoms with van der Waals surface area (Å²) >= 11 is 0. The van der Waals surface area contributed by atoms with E-state index >= 15 is 0 Å². The normalized spacial score (nSPS) is 15.1. The molecule has 1 fully saturated rings. The van der Waals surface area contributed by atoms with Crippen molar-refractivity contribution in [2.24, 2.45) is 0 Å². The van der Waals surface area contributed by atoms with Gasteiger partial charge in [0.15, 0.2) is 0 Å². The second-order valence-corrected chi connectivity index (χ2v) is 6.86. The van der Waals surface area contributed by atoms with E-state index in [2.05, 4.69) is 27.0 Å². The van der Waals surface area contributed by atoms with Crippen LogP contribution in [0.15, 0.2) is 39.8 Å². The van der Waals surface area contributed by atoms with Gasteiger partial charge in [0.1, 0.15) is 16.9 Å². The van der Waals surface area contributed by atoms with Crippen molar-refractivity contribution in [3.05, 3.63) is 57.8 Å². The third-order valence-corrected chi connectivity index (χ3v) is 5.11. The lowest BCUT2D eigenvalue weighted by molar-refractivity contribution is 0.0628. The number of fused-ring (bicyclic) bond motifs is 1. The zero-order valence-electron chi connectivity index (χ0n) is 15.9. The summed E-state index contributed by atoms with van der Waals surface area (Å²) in [6.07, 6.45) is 1.28. The quantitative estimate of drug-likeness (QED) is 0.740. The van der Waals surface area contributed by atoms with Gasteiger partial charge in [-0.25, -0.2) is 4.98 Å². The summed E-state index contributed by atoms with van der Waals surface area (Å²) in [5.41, 5.74) is 1.36. The standard InChI is InChI=1S/C20H22N4O4/c1-13-16(17-18(25)21-12-22-19(17)28-13)20(26)24-9-7-23(8-10-24)11-14-3-5-15(27-2)6-4-14/h3-6,12H,7-11H2,1-2H3,(H,21,22,25). The lowest BCUT2D eigenvalue weighted by Crippen LogP contribution is -2.48. The Balaban J connectivity index is 1.44. The van der Waals surface area contributed by atoms with Gasteiger partial charge in [-0.05, 0) is 24.6 Å². The van der Waals surface area contributed by atoms with Crippen LogP contribution in [0.25, 0.3) is 11.1 Å². The van der Waals surface area contributed by atoms with Crippen LogP contribution in [-0.4, -0.2) is 59.0 Å². The molecule has 0 atom stereocenters. The van der Waals surface area contributed by atoms with Crippen LogP contribution in [0.1, 0.15) is 21.7 Å². The smallest absolute Gasteiger partial charge is 0.262 e. The number of nitrogens with one attached hydrogen (secondary N) is 1. The van der Waals surface area contributed by atoms with E-state index in [0.29, 0.717) is 24.4 Å². The molecule has 0 bridgehead atoms. The third kappa shape index (κ3) is 3.38. The molecule has 146 valence electrons. The van der Waals surface area contributed by atoms with Gasteiger partial charge in [-0.15, -0.1) is 0 Å². The van der Waals surface area contributed by atoms with E-state index in [1.54, 1.807) is 18.9 Å². The first-order valence-corrected chi connectivity index (χ1v) is 9.18. The molecule has 0 unspecified atom stereocenters. The first-order valence-electron chi connectivity index (χ1n) is 9.18. The molecule has 1 aliphatic rings. The molecule has 0 spiro atoms. The van der Waals surface area contributed by atoms with Gasteiger partial charge in [-0.3, -0.25) is 14.5 Å². The third-order valence-electron chi connectivity index (χ3n) is 5.11. The molecule has 1 amide bonds. The van der Waals surface area contributed by atoms with Gasteiger partial charge < -0.3 is 19.0 Å². The highest BCUT2D eigenvalue weighted by molar-refractivity contribution is 6.06. The lowest BCUT2D eigenvalue weighted by Gasteiger charge is -2.34. The second-order valence-electron chi connectivity index (χ2n) is 6.86. The number of methoxy groups -OCH3 is 1. The van der Waals surface area contributed by atoms with Crippen molar-refractivity contribution in [3.8, 4) is 5.75 Å². The Hall–Kier alpha value is -3.13. The number of rotatable bonds is 4. The zero-order chi connectivity index (χ0) is 19.7. The van der Waals surface area contributed by atoms with Crippen molar-refractivity contribution in [1.82, 2.24) is 19.8 Å². The highest BCUT2D eigenvalue weighted by Gasteiger charge is 2.28. The van der Waals surface area contributed by atoms with Crippen LogP contribution in [0.4, 0.5) is 0 Å². The van der Waals surface area contributed by atoms with Gasteiger partial charge in [-0.1, -0.05) is 12.1 Å². The minimum absolute atomic E-state index is 0.182. The molecule has 3 heterocycles. The fraction of sp³-hybridized carbons (Fsp3) is 0.350. The second kappa shape index (κ2) is 7.47. The van der Waals surface area contributed by atoms with E-state index < -0.39 is 0 Å². The molecule has 4 rings (SSSR count). The van der Waals surface area contributed by atoms with Crippen molar-refractivity contribution in [1.29, 1.82) is 0 Å². The number of piperazine rings is 1. The molecule has 8 nitrogen and oxygen atoms in total. The van der Waals surface area contributed by atoms with E-state index in [-0.39, 0.29) is 22.6 Å². The molecule has 2 aromatic heterocycles. The van der Waals surface area contributed by atoms with Gasteiger partial charge in [0.05, 0.1) is 19.0 Å². The SMILES string of the molecule is COc1ccc(CN2CCN(C(=O)c3c(C)oc4nc[nH]c(=O)c34)CC2)cc1. The van der Waals surface area contributed by atoms with Crippen LogP contribution >= 0.6 is 0 Å². The maximum atomic E-state index is 13.0. The molecule has 0 aliphatic carbocycles. The molecule has 0 radical (unpaired) electrons. The number of carbonyl (C=O) groups is 1. The maximum absolute atomic E-state index is 13.0. The molecule has 1 saturated heterocycles. The van der Waals surface area contributed by atoms with Crippen LogP contribution in [0.3, 0.4) is 0 Å². The minimum atomic E-state index is -0.358. The molecule has 28 heavy (non-hydrogen) atoms. The summed E-state index contributed by atoms with van der Waals surface area (Å²) < 4.78 is 10.7. The number of furan rings is 1. The number of aromatic nitrogens is 2. The average Bonchev–Trinajstić information content (AvgIpc) is 3.06. The topological polar surface area (TPSA) is 91.7 Å². The van der Waals surface area contributed by atoms with Crippen LogP contribution in [-0.2, 0) is 6.54 Å².